The van der Waals surface area contributed by atoms with Crippen LogP contribution in [-0.4, -0.2) is 22.8 Å². The zero-order chi connectivity index (χ0) is 17.2. The summed E-state index contributed by atoms with van der Waals surface area (Å²) in [4.78, 5) is 12.3. The van der Waals surface area contributed by atoms with E-state index in [4.69, 9.17) is 4.74 Å². The van der Waals surface area contributed by atoms with Crippen LogP contribution in [0.4, 0.5) is 5.82 Å². The molecule has 1 aliphatic heterocycles. The van der Waals surface area contributed by atoms with Gasteiger partial charge in [-0.25, -0.2) is 4.68 Å². The molecule has 1 atom stereocenters. The number of methoxy groups -OCH3 is 1. The maximum Gasteiger partial charge on any atom is 0.226 e. The summed E-state index contributed by atoms with van der Waals surface area (Å²) in [6.45, 7) is 0.620. The molecule has 126 valence electrons. The number of nitrogens with zero attached hydrogens (tertiary/aromatic N) is 2. The highest BCUT2D eigenvalue weighted by Crippen LogP contribution is 2.40. The molecular formula is C20H19N3O2. The van der Waals surface area contributed by atoms with Crippen molar-refractivity contribution in [1.29, 1.82) is 0 Å². The Balaban J connectivity index is 1.74. The number of benzene rings is 2. The van der Waals surface area contributed by atoms with Crippen molar-refractivity contribution >= 4 is 11.7 Å². The molecule has 0 spiro atoms. The van der Waals surface area contributed by atoms with Gasteiger partial charge in [0.15, 0.2) is 0 Å². The summed E-state index contributed by atoms with van der Waals surface area (Å²) < 4.78 is 7.34. The lowest BCUT2D eigenvalue weighted by molar-refractivity contribution is -0.116. The highest BCUT2D eigenvalue weighted by Gasteiger charge is 2.31. The summed E-state index contributed by atoms with van der Waals surface area (Å²) in [6.07, 6.45) is 2.25. The Kier molecular flexibility index (Phi) is 3.98. The van der Waals surface area contributed by atoms with E-state index in [1.165, 1.54) is 0 Å². The van der Waals surface area contributed by atoms with E-state index in [0.717, 1.165) is 28.3 Å². The number of fused-ring (bicyclic) bond motifs is 1. The molecule has 0 saturated carbocycles. The topological polar surface area (TPSA) is 56.1 Å². The molecule has 5 heteroatoms. The second-order valence-corrected chi connectivity index (χ2v) is 6.14. The lowest BCUT2D eigenvalue weighted by Crippen LogP contribution is -2.25. The molecule has 1 amide bonds. The Morgan fingerprint density at radius 3 is 2.68 bits per heavy atom. The minimum absolute atomic E-state index is 0.00165. The average Bonchev–Trinajstić information content (AvgIpc) is 3.04. The maximum absolute atomic E-state index is 12.3. The number of anilines is 1. The largest absolute Gasteiger partial charge is 0.496 e. The molecular weight excluding hydrogens is 314 g/mol. The Labute approximate surface area is 146 Å². The van der Waals surface area contributed by atoms with Crippen LogP contribution in [0.5, 0.6) is 5.75 Å². The summed E-state index contributed by atoms with van der Waals surface area (Å²) >= 11 is 0. The Hall–Kier alpha value is -3.08. The second-order valence-electron chi connectivity index (χ2n) is 6.14. The number of carbonyl (C=O) groups excluding carboxylic acids is 1. The smallest absolute Gasteiger partial charge is 0.226 e. The van der Waals surface area contributed by atoms with Gasteiger partial charge in [0.25, 0.3) is 0 Å². The Bertz CT molecular complexity index is 902. The van der Waals surface area contributed by atoms with Gasteiger partial charge >= 0.3 is 0 Å². The van der Waals surface area contributed by atoms with Crippen molar-refractivity contribution in [3.8, 4) is 5.75 Å². The van der Waals surface area contributed by atoms with Gasteiger partial charge in [0.05, 0.1) is 19.9 Å². The van der Waals surface area contributed by atoms with Crippen LogP contribution in [0.1, 0.15) is 29.0 Å². The zero-order valence-corrected chi connectivity index (χ0v) is 14.0. The van der Waals surface area contributed by atoms with E-state index in [0.29, 0.717) is 13.0 Å². The molecule has 0 unspecified atom stereocenters. The first-order chi connectivity index (χ1) is 12.3. The van der Waals surface area contributed by atoms with Crippen LogP contribution in [0.15, 0.2) is 60.8 Å². The monoisotopic (exact) mass is 333 g/mol. The van der Waals surface area contributed by atoms with Gasteiger partial charge in [-0.3, -0.25) is 4.79 Å². The number of amides is 1. The van der Waals surface area contributed by atoms with Gasteiger partial charge in [-0.15, -0.1) is 0 Å². The van der Waals surface area contributed by atoms with E-state index in [1.807, 2.05) is 53.3 Å². The van der Waals surface area contributed by atoms with Crippen LogP contribution in [-0.2, 0) is 11.3 Å². The number of para-hydroxylation sites is 1. The van der Waals surface area contributed by atoms with Gasteiger partial charge < -0.3 is 10.1 Å². The molecule has 4 rings (SSSR count). The SMILES string of the molecule is COc1ccccc1[C@@H]1CC(=O)Nc2c1cnn2Cc1ccccc1. The molecule has 5 nitrogen and oxygen atoms in total. The van der Waals surface area contributed by atoms with E-state index >= 15 is 0 Å². The van der Waals surface area contributed by atoms with Gasteiger partial charge in [-0.2, -0.15) is 5.10 Å². The van der Waals surface area contributed by atoms with Crippen molar-refractivity contribution in [2.45, 2.75) is 18.9 Å². The number of aromatic nitrogens is 2. The normalized spacial score (nSPS) is 16.2. The number of rotatable bonds is 4. The van der Waals surface area contributed by atoms with Crippen molar-refractivity contribution in [2.75, 3.05) is 12.4 Å². The predicted octanol–water partition coefficient (Wildman–Crippen LogP) is 3.41. The quantitative estimate of drug-likeness (QED) is 0.796. The van der Waals surface area contributed by atoms with Gasteiger partial charge in [-0.05, 0) is 11.6 Å². The molecule has 2 aromatic carbocycles. The first-order valence-electron chi connectivity index (χ1n) is 8.28. The number of hydrogen-bond donors (Lipinski definition) is 1. The number of ether oxygens (including phenoxy) is 1. The van der Waals surface area contributed by atoms with E-state index in [9.17, 15) is 4.79 Å². The molecule has 0 aliphatic carbocycles. The first kappa shape index (κ1) is 15.4. The molecule has 0 bridgehead atoms. The van der Waals surface area contributed by atoms with E-state index in [1.54, 1.807) is 7.11 Å². The summed E-state index contributed by atoms with van der Waals surface area (Å²) in [5.74, 6) is 1.52. The van der Waals surface area contributed by atoms with Gasteiger partial charge in [0.2, 0.25) is 5.91 Å². The third kappa shape index (κ3) is 2.89. The average molecular weight is 333 g/mol. The zero-order valence-electron chi connectivity index (χ0n) is 14.0. The van der Waals surface area contributed by atoms with Crippen LogP contribution in [0.3, 0.4) is 0 Å². The minimum Gasteiger partial charge on any atom is -0.496 e. The van der Waals surface area contributed by atoms with E-state index < -0.39 is 0 Å². The molecule has 0 saturated heterocycles. The summed E-state index contributed by atoms with van der Waals surface area (Å²) in [6, 6.07) is 17.9. The van der Waals surface area contributed by atoms with Gasteiger partial charge in [0.1, 0.15) is 11.6 Å². The summed E-state index contributed by atoms with van der Waals surface area (Å²) in [5.41, 5.74) is 3.18. The number of nitrogens with one attached hydrogen (secondary N) is 1. The van der Waals surface area contributed by atoms with Crippen LogP contribution in [0.25, 0.3) is 0 Å². The van der Waals surface area contributed by atoms with E-state index in [2.05, 4.69) is 22.5 Å². The molecule has 2 heterocycles. The van der Waals surface area contributed by atoms with Crippen molar-refractivity contribution in [2.24, 2.45) is 0 Å². The fraction of sp³-hybridized carbons (Fsp3) is 0.200. The highest BCUT2D eigenvalue weighted by atomic mass is 16.5. The van der Waals surface area contributed by atoms with Crippen LogP contribution >= 0.6 is 0 Å². The van der Waals surface area contributed by atoms with Crippen molar-refractivity contribution < 1.29 is 9.53 Å². The summed E-state index contributed by atoms with van der Waals surface area (Å²) in [5, 5.41) is 7.51. The molecule has 1 aliphatic rings. The fourth-order valence-electron chi connectivity index (χ4n) is 3.38. The summed E-state index contributed by atoms with van der Waals surface area (Å²) in [7, 11) is 1.65. The van der Waals surface area contributed by atoms with Crippen LogP contribution in [0.2, 0.25) is 0 Å². The lowest BCUT2D eigenvalue weighted by atomic mass is 9.87. The lowest BCUT2D eigenvalue weighted by Gasteiger charge is -2.25. The van der Waals surface area contributed by atoms with E-state index in [-0.39, 0.29) is 11.8 Å². The molecule has 0 radical (unpaired) electrons. The third-order valence-corrected chi connectivity index (χ3v) is 4.58. The Morgan fingerprint density at radius 1 is 1.12 bits per heavy atom. The highest BCUT2D eigenvalue weighted by molar-refractivity contribution is 5.94. The minimum atomic E-state index is -0.0515. The molecule has 25 heavy (non-hydrogen) atoms. The van der Waals surface area contributed by atoms with Crippen molar-refractivity contribution in [3.63, 3.8) is 0 Å². The third-order valence-electron chi connectivity index (χ3n) is 4.58. The van der Waals surface area contributed by atoms with Crippen LogP contribution < -0.4 is 10.1 Å². The number of carbonyl (C=O) groups is 1. The van der Waals surface area contributed by atoms with Crippen molar-refractivity contribution in [1.82, 2.24) is 9.78 Å². The molecule has 1 aromatic heterocycles. The van der Waals surface area contributed by atoms with Crippen LogP contribution in [0, 0.1) is 0 Å². The fourth-order valence-corrected chi connectivity index (χ4v) is 3.38. The van der Waals surface area contributed by atoms with Gasteiger partial charge in [0, 0.05) is 23.5 Å². The first-order valence-corrected chi connectivity index (χ1v) is 8.28. The number of hydrogen-bond acceptors (Lipinski definition) is 3. The maximum atomic E-state index is 12.3. The standard InChI is InChI=1S/C20H19N3O2/c1-25-18-10-6-5-9-15(18)16-11-19(24)22-20-17(16)12-21-23(20)13-14-7-3-2-4-8-14/h2-10,12,16H,11,13H2,1H3,(H,22,24)/t16-/m0/s1. The molecule has 3 aromatic rings. The Morgan fingerprint density at radius 2 is 1.88 bits per heavy atom. The molecule has 0 fully saturated rings. The van der Waals surface area contributed by atoms with Gasteiger partial charge in [-0.1, -0.05) is 48.5 Å². The predicted molar refractivity (Wildman–Crippen MR) is 95.9 cm³/mol. The van der Waals surface area contributed by atoms with Crippen molar-refractivity contribution in [3.05, 3.63) is 77.5 Å². The molecule has 1 N–H and O–H groups in total. The second kappa shape index (κ2) is 6.43.